The first-order valence-electron chi connectivity index (χ1n) is 11.9. The zero-order valence-corrected chi connectivity index (χ0v) is 19.6. The van der Waals surface area contributed by atoms with Gasteiger partial charge in [0.25, 0.3) is 0 Å². The normalized spacial score (nSPS) is 18.9. The smallest absolute Gasteiger partial charge is 0.242 e. The van der Waals surface area contributed by atoms with Gasteiger partial charge in [-0.3, -0.25) is 9.78 Å². The van der Waals surface area contributed by atoms with E-state index in [0.717, 1.165) is 47.2 Å². The summed E-state index contributed by atoms with van der Waals surface area (Å²) in [7, 11) is 1.88. The highest BCUT2D eigenvalue weighted by atomic mass is 16.5. The van der Waals surface area contributed by atoms with Gasteiger partial charge >= 0.3 is 0 Å². The maximum absolute atomic E-state index is 13.0. The van der Waals surface area contributed by atoms with Crippen molar-refractivity contribution in [2.24, 2.45) is 0 Å². The third-order valence-electron chi connectivity index (χ3n) is 6.79. The highest BCUT2D eigenvalue weighted by Gasteiger charge is 2.32. The second kappa shape index (κ2) is 8.99. The Morgan fingerprint density at radius 2 is 1.74 bits per heavy atom. The molecule has 0 N–H and O–H groups in total. The van der Waals surface area contributed by atoms with Gasteiger partial charge < -0.3 is 19.4 Å². The number of nitrogens with zero attached hydrogens (tertiary/aromatic N) is 7. The van der Waals surface area contributed by atoms with Gasteiger partial charge in [0.15, 0.2) is 5.65 Å². The lowest BCUT2D eigenvalue weighted by Gasteiger charge is -2.40. The van der Waals surface area contributed by atoms with Gasteiger partial charge in [-0.2, -0.15) is 9.61 Å². The Bertz CT molecular complexity index is 1340. The Labute approximate surface area is 203 Å². The number of anilines is 2. The van der Waals surface area contributed by atoms with Crippen LogP contribution in [-0.4, -0.2) is 76.8 Å². The van der Waals surface area contributed by atoms with E-state index in [2.05, 4.69) is 33.0 Å². The summed E-state index contributed by atoms with van der Waals surface area (Å²) < 4.78 is 7.49. The number of ether oxygens (including phenoxy) is 1. The number of carbonyl (C=O) groups excluding carboxylic acids is 1. The summed E-state index contributed by atoms with van der Waals surface area (Å²) in [6.07, 6.45) is 3.53. The molecule has 178 valence electrons. The number of carbonyl (C=O) groups is 1. The van der Waals surface area contributed by atoms with Gasteiger partial charge in [-0.05, 0) is 17.7 Å². The van der Waals surface area contributed by atoms with Gasteiger partial charge in [0, 0.05) is 56.8 Å². The molecule has 2 fully saturated rings. The number of benzene rings is 1. The van der Waals surface area contributed by atoms with Crippen LogP contribution in [0.2, 0.25) is 0 Å². The van der Waals surface area contributed by atoms with E-state index >= 15 is 0 Å². The summed E-state index contributed by atoms with van der Waals surface area (Å²) in [5.74, 6) is 1.81. The summed E-state index contributed by atoms with van der Waals surface area (Å²) >= 11 is 0. The van der Waals surface area contributed by atoms with E-state index in [4.69, 9.17) is 14.8 Å². The monoisotopic (exact) mass is 469 g/mol. The predicted molar refractivity (Wildman–Crippen MR) is 133 cm³/mol. The molecule has 3 aromatic heterocycles. The van der Waals surface area contributed by atoms with Crippen LogP contribution in [0.25, 0.3) is 16.9 Å². The van der Waals surface area contributed by atoms with E-state index in [0.29, 0.717) is 19.8 Å². The summed E-state index contributed by atoms with van der Waals surface area (Å²) in [4.78, 5) is 28.3. The number of aromatic nitrogens is 4. The Balaban J connectivity index is 1.43. The van der Waals surface area contributed by atoms with Crippen LogP contribution in [0.15, 0.2) is 67.0 Å². The quantitative estimate of drug-likeness (QED) is 0.455. The Hall–Kier alpha value is -3.98. The lowest BCUT2D eigenvalue weighted by Crippen LogP contribution is -2.50. The molecule has 9 nitrogen and oxygen atoms in total. The maximum atomic E-state index is 13.0. The zero-order valence-electron chi connectivity index (χ0n) is 19.6. The van der Waals surface area contributed by atoms with Gasteiger partial charge in [0.2, 0.25) is 5.91 Å². The van der Waals surface area contributed by atoms with Crippen molar-refractivity contribution in [3.63, 3.8) is 0 Å². The molecule has 35 heavy (non-hydrogen) atoms. The van der Waals surface area contributed by atoms with Crippen molar-refractivity contribution in [3.05, 3.63) is 72.6 Å². The highest BCUT2D eigenvalue weighted by Crippen LogP contribution is 2.31. The van der Waals surface area contributed by atoms with Crippen LogP contribution in [0.4, 0.5) is 11.6 Å². The summed E-state index contributed by atoms with van der Waals surface area (Å²) in [6, 6.07) is 18.1. The van der Waals surface area contributed by atoms with Crippen LogP contribution in [0, 0.1) is 0 Å². The van der Waals surface area contributed by atoms with E-state index in [9.17, 15) is 4.79 Å². The molecule has 0 aliphatic carbocycles. The first-order chi connectivity index (χ1) is 17.2. The molecule has 5 heterocycles. The number of fused-ring (bicyclic) bond motifs is 1. The van der Waals surface area contributed by atoms with Gasteiger partial charge in [0.1, 0.15) is 11.6 Å². The molecular weight excluding hydrogens is 442 g/mol. The second-order valence-electron chi connectivity index (χ2n) is 8.92. The first-order valence-corrected chi connectivity index (χ1v) is 11.9. The fourth-order valence-electron chi connectivity index (χ4n) is 4.81. The average molecular weight is 470 g/mol. The van der Waals surface area contributed by atoms with Crippen LogP contribution in [-0.2, 0) is 9.53 Å². The molecule has 6 rings (SSSR count). The largest absolute Gasteiger partial charge is 0.378 e. The second-order valence-corrected chi connectivity index (χ2v) is 8.92. The molecule has 1 unspecified atom stereocenters. The number of rotatable bonds is 4. The van der Waals surface area contributed by atoms with E-state index < -0.39 is 0 Å². The summed E-state index contributed by atoms with van der Waals surface area (Å²) in [5.41, 5.74) is 3.69. The maximum Gasteiger partial charge on any atom is 0.242 e. The van der Waals surface area contributed by atoms with E-state index in [1.807, 2.05) is 52.9 Å². The molecule has 2 aliphatic heterocycles. The van der Waals surface area contributed by atoms with Crippen LogP contribution in [0.5, 0.6) is 0 Å². The van der Waals surface area contributed by atoms with Crippen molar-refractivity contribution in [3.8, 4) is 11.3 Å². The highest BCUT2D eigenvalue weighted by molar-refractivity contribution is 5.83. The minimum atomic E-state index is -0.0420. The summed E-state index contributed by atoms with van der Waals surface area (Å²) in [6.45, 7) is 3.84. The number of piperazine rings is 1. The number of pyridine rings is 1. The topological polar surface area (TPSA) is 79.1 Å². The molecule has 1 atom stereocenters. The van der Waals surface area contributed by atoms with Crippen molar-refractivity contribution in [1.29, 1.82) is 0 Å². The molecule has 0 saturated carbocycles. The first kappa shape index (κ1) is 21.5. The molecule has 1 aromatic carbocycles. The van der Waals surface area contributed by atoms with E-state index in [1.165, 1.54) is 0 Å². The zero-order chi connectivity index (χ0) is 23.8. The molecule has 0 radical (unpaired) electrons. The van der Waals surface area contributed by atoms with Crippen molar-refractivity contribution in [2.45, 2.75) is 6.04 Å². The molecule has 9 heteroatoms. The Kier molecular flexibility index (Phi) is 5.54. The van der Waals surface area contributed by atoms with Crippen LogP contribution in [0.3, 0.4) is 0 Å². The lowest BCUT2D eigenvalue weighted by atomic mass is 10.0. The van der Waals surface area contributed by atoms with E-state index in [1.54, 1.807) is 12.4 Å². The van der Waals surface area contributed by atoms with Crippen LogP contribution < -0.4 is 9.80 Å². The molecule has 1 amide bonds. The van der Waals surface area contributed by atoms with Gasteiger partial charge in [-0.1, -0.05) is 30.3 Å². The predicted octanol–water partition coefficient (Wildman–Crippen LogP) is 2.65. The van der Waals surface area contributed by atoms with Crippen molar-refractivity contribution in [1.82, 2.24) is 24.5 Å². The average Bonchev–Trinajstić information content (AvgIpc) is 3.35. The third kappa shape index (κ3) is 4.08. The minimum absolute atomic E-state index is 0.0420. The Morgan fingerprint density at radius 1 is 0.971 bits per heavy atom. The Morgan fingerprint density at radius 3 is 2.51 bits per heavy atom. The number of hydrogen-bond donors (Lipinski definition) is 0. The molecular formula is C26H27N7O2. The number of morpholine rings is 1. The standard InChI is InChI=1S/C26H27N7O2/c1-30-22(20-5-3-2-4-6-20)17-32(18-26(30)34)23-16-25(31-11-13-35-14-12-31)33-24(28-23)15-21(29-33)19-7-9-27-10-8-19/h2-10,15-16,22H,11-14,17-18H2,1H3. The molecule has 2 saturated heterocycles. The number of hydrogen-bond acceptors (Lipinski definition) is 7. The lowest BCUT2D eigenvalue weighted by molar-refractivity contribution is -0.132. The molecule has 2 aliphatic rings. The fraction of sp³-hybridized carbons (Fsp3) is 0.308. The number of amides is 1. The fourth-order valence-corrected chi connectivity index (χ4v) is 4.81. The molecule has 0 spiro atoms. The van der Waals surface area contributed by atoms with Crippen molar-refractivity contribution in [2.75, 3.05) is 56.2 Å². The van der Waals surface area contributed by atoms with Gasteiger partial charge in [-0.25, -0.2) is 4.98 Å². The molecule has 4 aromatic rings. The molecule has 0 bridgehead atoms. The van der Waals surface area contributed by atoms with E-state index in [-0.39, 0.29) is 18.5 Å². The summed E-state index contributed by atoms with van der Waals surface area (Å²) in [5, 5.41) is 4.88. The van der Waals surface area contributed by atoms with Crippen molar-refractivity contribution < 1.29 is 9.53 Å². The van der Waals surface area contributed by atoms with Crippen molar-refractivity contribution >= 4 is 23.2 Å². The number of likely N-dealkylation sites (N-methyl/N-ethyl adjacent to an activating group) is 1. The SMILES string of the molecule is CN1C(=O)CN(c2cc(N3CCOCC3)n3nc(-c4ccncc4)cc3n2)CC1c1ccccc1. The van der Waals surface area contributed by atoms with Gasteiger partial charge in [0.05, 0.1) is 31.5 Å². The minimum Gasteiger partial charge on any atom is -0.378 e. The van der Waals surface area contributed by atoms with Crippen LogP contribution >= 0.6 is 0 Å². The van der Waals surface area contributed by atoms with Gasteiger partial charge in [-0.15, -0.1) is 0 Å². The third-order valence-corrected chi connectivity index (χ3v) is 6.79. The van der Waals surface area contributed by atoms with Crippen LogP contribution in [0.1, 0.15) is 11.6 Å².